The van der Waals surface area contributed by atoms with Gasteiger partial charge in [-0.05, 0) is 37.4 Å². The first-order valence-electron chi connectivity index (χ1n) is 7.59. The van der Waals surface area contributed by atoms with E-state index < -0.39 is 17.7 Å². The molecule has 3 rings (SSSR count). The summed E-state index contributed by atoms with van der Waals surface area (Å²) >= 11 is 5.05. The zero-order valence-electron chi connectivity index (χ0n) is 14.0. The number of amides is 3. The molecule has 1 saturated heterocycles. The molecular weight excluding hydrogens is 340 g/mol. The SMILES string of the molecule is CC1=NN(c2ccccc2)C(=O)C1C=C1C(=O)N(C)C(=S)N(C)C1=O. The van der Waals surface area contributed by atoms with Crippen molar-refractivity contribution in [1.82, 2.24) is 9.80 Å². The smallest absolute Gasteiger partial charge is 0.265 e. The molecule has 1 fully saturated rings. The van der Waals surface area contributed by atoms with Crippen molar-refractivity contribution >= 4 is 46.5 Å². The first-order valence-corrected chi connectivity index (χ1v) is 7.99. The van der Waals surface area contributed by atoms with Gasteiger partial charge in [0.1, 0.15) is 5.57 Å². The van der Waals surface area contributed by atoms with Gasteiger partial charge in [0.2, 0.25) is 0 Å². The number of hydrazone groups is 1. The van der Waals surface area contributed by atoms with Crippen molar-refractivity contribution in [2.45, 2.75) is 6.92 Å². The Morgan fingerprint density at radius 1 is 1.04 bits per heavy atom. The lowest BCUT2D eigenvalue weighted by Crippen LogP contribution is -2.53. The normalized spacial score (nSPS) is 21.2. The lowest BCUT2D eigenvalue weighted by Gasteiger charge is -2.32. The van der Waals surface area contributed by atoms with Gasteiger partial charge in [-0.25, -0.2) is 0 Å². The molecule has 0 N–H and O–H groups in total. The summed E-state index contributed by atoms with van der Waals surface area (Å²) in [5, 5.41) is 5.68. The largest absolute Gasteiger partial charge is 0.288 e. The Morgan fingerprint density at radius 3 is 2.16 bits per heavy atom. The van der Waals surface area contributed by atoms with Crippen molar-refractivity contribution in [3.05, 3.63) is 42.0 Å². The predicted molar refractivity (Wildman–Crippen MR) is 96.7 cm³/mol. The fourth-order valence-corrected chi connectivity index (χ4v) is 2.85. The van der Waals surface area contributed by atoms with Crippen molar-refractivity contribution in [1.29, 1.82) is 0 Å². The molecule has 1 aromatic rings. The van der Waals surface area contributed by atoms with Gasteiger partial charge in [0, 0.05) is 14.1 Å². The quantitative estimate of drug-likeness (QED) is 0.453. The molecule has 2 aliphatic heterocycles. The highest BCUT2D eigenvalue weighted by atomic mass is 32.1. The third-order valence-corrected chi connectivity index (χ3v) is 4.71. The van der Waals surface area contributed by atoms with Crippen LogP contribution in [0.4, 0.5) is 5.69 Å². The molecule has 2 heterocycles. The van der Waals surface area contributed by atoms with E-state index in [0.29, 0.717) is 11.4 Å². The lowest BCUT2D eigenvalue weighted by molar-refractivity contribution is -0.132. The minimum Gasteiger partial charge on any atom is -0.288 e. The van der Waals surface area contributed by atoms with E-state index in [9.17, 15) is 14.4 Å². The molecular formula is C17H16N4O3S. The number of likely N-dealkylation sites (N-methyl/N-ethyl adjacent to an activating group) is 2. The number of hydrogen-bond acceptors (Lipinski definition) is 5. The third kappa shape index (κ3) is 2.74. The molecule has 0 saturated carbocycles. The summed E-state index contributed by atoms with van der Waals surface area (Å²) in [5.74, 6) is -2.12. The number of hydrogen-bond donors (Lipinski definition) is 0. The van der Waals surface area contributed by atoms with Gasteiger partial charge in [0.05, 0.1) is 17.3 Å². The Hall–Kier alpha value is -2.87. The Morgan fingerprint density at radius 2 is 1.60 bits per heavy atom. The molecule has 128 valence electrons. The maximum absolute atomic E-state index is 12.7. The van der Waals surface area contributed by atoms with E-state index in [-0.39, 0.29) is 16.6 Å². The maximum atomic E-state index is 12.7. The number of carbonyl (C=O) groups is 3. The number of rotatable bonds is 2. The van der Waals surface area contributed by atoms with Crippen LogP contribution in [0.3, 0.4) is 0 Å². The number of carbonyl (C=O) groups excluding carboxylic acids is 3. The zero-order valence-corrected chi connectivity index (χ0v) is 14.8. The van der Waals surface area contributed by atoms with Crippen molar-refractivity contribution in [2.75, 3.05) is 19.1 Å². The van der Waals surface area contributed by atoms with Crippen LogP contribution in [-0.4, -0.2) is 52.4 Å². The average Bonchev–Trinajstić information content (AvgIpc) is 2.90. The standard InChI is InChI=1S/C17H16N4O3S/c1-10-12(16(24)21(18-10)11-7-5-4-6-8-11)9-13-14(22)19(2)17(25)20(3)15(13)23/h4-9,12H,1-3H3. The second-order valence-corrected chi connectivity index (χ2v) is 6.16. The fourth-order valence-electron chi connectivity index (χ4n) is 2.69. The molecule has 1 atom stereocenters. The first-order chi connectivity index (χ1) is 11.8. The molecule has 0 aliphatic carbocycles. The summed E-state index contributed by atoms with van der Waals surface area (Å²) in [7, 11) is 2.99. The summed E-state index contributed by atoms with van der Waals surface area (Å²) < 4.78 is 0. The van der Waals surface area contributed by atoms with E-state index >= 15 is 0 Å². The van der Waals surface area contributed by atoms with Gasteiger partial charge in [-0.1, -0.05) is 18.2 Å². The molecule has 3 amide bonds. The Balaban J connectivity index is 1.95. The van der Waals surface area contributed by atoms with E-state index in [0.717, 1.165) is 0 Å². The van der Waals surface area contributed by atoms with Gasteiger partial charge in [-0.2, -0.15) is 10.1 Å². The molecule has 0 radical (unpaired) electrons. The van der Waals surface area contributed by atoms with Gasteiger partial charge in [0.15, 0.2) is 5.11 Å². The number of nitrogens with zero attached hydrogens (tertiary/aromatic N) is 4. The zero-order chi connectivity index (χ0) is 18.3. The van der Waals surface area contributed by atoms with Crippen LogP contribution in [0.5, 0.6) is 0 Å². The van der Waals surface area contributed by atoms with Crippen LogP contribution < -0.4 is 5.01 Å². The van der Waals surface area contributed by atoms with E-state index in [1.54, 1.807) is 31.2 Å². The topological polar surface area (TPSA) is 73.3 Å². The highest BCUT2D eigenvalue weighted by molar-refractivity contribution is 7.80. The first kappa shape index (κ1) is 17.0. The second-order valence-electron chi connectivity index (χ2n) is 5.80. The van der Waals surface area contributed by atoms with Crippen molar-refractivity contribution in [3.63, 3.8) is 0 Å². The van der Waals surface area contributed by atoms with Crippen LogP contribution in [0.2, 0.25) is 0 Å². The van der Waals surface area contributed by atoms with Gasteiger partial charge in [0.25, 0.3) is 17.7 Å². The van der Waals surface area contributed by atoms with Gasteiger partial charge >= 0.3 is 0 Å². The molecule has 7 nitrogen and oxygen atoms in total. The second kappa shape index (κ2) is 6.21. The summed E-state index contributed by atoms with van der Waals surface area (Å²) in [6.07, 6.45) is 1.38. The Kier molecular flexibility index (Phi) is 4.22. The van der Waals surface area contributed by atoms with Crippen molar-refractivity contribution in [2.24, 2.45) is 11.0 Å². The fraction of sp³-hybridized carbons (Fsp3) is 0.235. The van der Waals surface area contributed by atoms with Gasteiger partial charge < -0.3 is 0 Å². The molecule has 8 heteroatoms. The minimum atomic E-state index is -0.767. The molecule has 0 spiro atoms. The van der Waals surface area contributed by atoms with Crippen LogP contribution in [0, 0.1) is 5.92 Å². The molecule has 25 heavy (non-hydrogen) atoms. The number of anilines is 1. The minimum absolute atomic E-state index is 0.0820. The Labute approximate surface area is 150 Å². The van der Waals surface area contributed by atoms with Crippen LogP contribution in [0.25, 0.3) is 0 Å². The van der Waals surface area contributed by atoms with Crippen LogP contribution in [-0.2, 0) is 14.4 Å². The summed E-state index contributed by atoms with van der Waals surface area (Å²) in [5.41, 5.74) is 1.06. The average molecular weight is 356 g/mol. The van der Waals surface area contributed by atoms with Gasteiger partial charge in [-0.15, -0.1) is 0 Å². The molecule has 1 unspecified atom stereocenters. The summed E-state index contributed by atoms with van der Waals surface area (Å²) in [6.45, 7) is 1.69. The molecule has 2 aliphatic rings. The van der Waals surface area contributed by atoms with E-state index in [1.807, 2.05) is 6.07 Å². The number of para-hydroxylation sites is 1. The van der Waals surface area contributed by atoms with Crippen LogP contribution in [0.15, 0.2) is 47.1 Å². The number of benzene rings is 1. The van der Waals surface area contributed by atoms with E-state index in [1.165, 1.54) is 35.0 Å². The van der Waals surface area contributed by atoms with Gasteiger partial charge in [-0.3, -0.25) is 24.2 Å². The highest BCUT2D eigenvalue weighted by Gasteiger charge is 2.39. The molecule has 0 bridgehead atoms. The van der Waals surface area contributed by atoms with E-state index in [4.69, 9.17) is 12.2 Å². The maximum Gasteiger partial charge on any atom is 0.265 e. The lowest BCUT2D eigenvalue weighted by atomic mass is 9.98. The Bertz CT molecular complexity index is 821. The number of thiocarbonyl (C=S) groups is 1. The van der Waals surface area contributed by atoms with Crippen LogP contribution >= 0.6 is 12.2 Å². The third-order valence-electron chi connectivity index (χ3n) is 4.16. The monoisotopic (exact) mass is 356 g/mol. The van der Waals surface area contributed by atoms with Crippen molar-refractivity contribution in [3.8, 4) is 0 Å². The molecule has 0 aromatic heterocycles. The summed E-state index contributed by atoms with van der Waals surface area (Å²) in [4.78, 5) is 39.9. The van der Waals surface area contributed by atoms with E-state index in [2.05, 4.69) is 5.10 Å². The highest BCUT2D eigenvalue weighted by Crippen LogP contribution is 2.26. The van der Waals surface area contributed by atoms with Crippen LogP contribution in [0.1, 0.15) is 6.92 Å². The van der Waals surface area contributed by atoms with Crippen molar-refractivity contribution < 1.29 is 14.4 Å². The molecule has 1 aromatic carbocycles. The predicted octanol–water partition coefficient (Wildman–Crippen LogP) is 1.17. The summed E-state index contributed by atoms with van der Waals surface area (Å²) in [6, 6.07) is 8.98.